The summed E-state index contributed by atoms with van der Waals surface area (Å²) >= 11 is 0. The first-order chi connectivity index (χ1) is 11.8. The van der Waals surface area contributed by atoms with Gasteiger partial charge in [-0.15, -0.1) is 6.58 Å². The maximum absolute atomic E-state index is 12.7. The fourth-order valence-electron chi connectivity index (χ4n) is 2.80. The predicted octanol–water partition coefficient (Wildman–Crippen LogP) is 1.56. The predicted molar refractivity (Wildman–Crippen MR) is 89.6 cm³/mol. The molecule has 1 unspecified atom stereocenters. The number of carboxylic acid groups (broad SMARTS) is 1. The highest BCUT2D eigenvalue weighted by Crippen LogP contribution is 2.28. The van der Waals surface area contributed by atoms with Gasteiger partial charge in [0, 0.05) is 20.1 Å². The summed E-state index contributed by atoms with van der Waals surface area (Å²) in [6, 6.07) is 1.40. The van der Waals surface area contributed by atoms with Crippen LogP contribution in [0.25, 0.3) is 0 Å². The number of aromatic carboxylic acids is 1. The number of amides is 1. The minimum Gasteiger partial charge on any atom is -0.475 e. The van der Waals surface area contributed by atoms with E-state index < -0.39 is 32.9 Å². The SMILES string of the molecule is C=CCCCN(C)C(=O)C1CCCN1S(=O)(=O)c1ccc(C(=O)O)o1. The number of carboxylic acids is 1. The molecule has 25 heavy (non-hydrogen) atoms. The number of allylic oxidation sites excluding steroid dienone is 1. The maximum atomic E-state index is 12.7. The monoisotopic (exact) mass is 370 g/mol. The van der Waals surface area contributed by atoms with Crippen molar-refractivity contribution in [1.82, 2.24) is 9.21 Å². The maximum Gasteiger partial charge on any atom is 0.371 e. The van der Waals surface area contributed by atoms with Gasteiger partial charge in [0.05, 0.1) is 0 Å². The summed E-state index contributed by atoms with van der Waals surface area (Å²) in [6.07, 6.45) is 4.28. The van der Waals surface area contributed by atoms with E-state index in [1.54, 1.807) is 13.1 Å². The second kappa shape index (κ2) is 7.83. The first kappa shape index (κ1) is 19.2. The molecule has 0 aliphatic carbocycles. The Labute approximate surface area is 146 Å². The van der Waals surface area contributed by atoms with Crippen LogP contribution in [0.1, 0.15) is 36.2 Å². The molecule has 138 valence electrons. The second-order valence-electron chi connectivity index (χ2n) is 5.89. The van der Waals surface area contributed by atoms with Crippen LogP contribution in [0.15, 0.2) is 34.3 Å². The summed E-state index contributed by atoms with van der Waals surface area (Å²) in [7, 11) is -2.42. The number of likely N-dealkylation sites (N-methyl/N-ethyl adjacent to an activating group) is 1. The molecule has 8 nitrogen and oxygen atoms in total. The zero-order chi connectivity index (χ0) is 18.6. The molecule has 0 spiro atoms. The van der Waals surface area contributed by atoms with Crippen molar-refractivity contribution in [1.29, 1.82) is 0 Å². The van der Waals surface area contributed by atoms with E-state index in [4.69, 9.17) is 9.52 Å². The van der Waals surface area contributed by atoms with E-state index in [2.05, 4.69) is 6.58 Å². The number of sulfonamides is 1. The van der Waals surface area contributed by atoms with Crippen molar-refractivity contribution < 1.29 is 27.5 Å². The topological polar surface area (TPSA) is 108 Å². The van der Waals surface area contributed by atoms with Crippen LogP contribution >= 0.6 is 0 Å². The van der Waals surface area contributed by atoms with Gasteiger partial charge in [0.2, 0.25) is 16.8 Å². The highest BCUT2D eigenvalue weighted by Gasteiger charge is 2.42. The number of furan rings is 1. The lowest BCUT2D eigenvalue weighted by Crippen LogP contribution is -2.46. The van der Waals surface area contributed by atoms with Gasteiger partial charge in [0.1, 0.15) is 6.04 Å². The van der Waals surface area contributed by atoms with Gasteiger partial charge in [-0.1, -0.05) is 6.08 Å². The Hall–Kier alpha value is -2.13. The summed E-state index contributed by atoms with van der Waals surface area (Å²) in [5.41, 5.74) is 0. The number of carbonyl (C=O) groups excluding carboxylic acids is 1. The Bertz CT molecular complexity index is 754. The summed E-state index contributed by atoms with van der Waals surface area (Å²) in [5.74, 6) is -2.07. The van der Waals surface area contributed by atoms with Crippen molar-refractivity contribution >= 4 is 21.9 Å². The average Bonchev–Trinajstić information content (AvgIpc) is 3.23. The Morgan fingerprint density at radius 3 is 2.80 bits per heavy atom. The van der Waals surface area contributed by atoms with E-state index in [0.717, 1.165) is 29.3 Å². The minimum atomic E-state index is -4.06. The molecule has 0 aromatic carbocycles. The molecule has 0 bridgehead atoms. The first-order valence-corrected chi connectivity index (χ1v) is 9.44. The van der Waals surface area contributed by atoms with Crippen molar-refractivity contribution in [3.05, 3.63) is 30.5 Å². The van der Waals surface area contributed by atoms with Gasteiger partial charge < -0.3 is 14.4 Å². The van der Waals surface area contributed by atoms with Crippen LogP contribution in [0.4, 0.5) is 0 Å². The van der Waals surface area contributed by atoms with Gasteiger partial charge >= 0.3 is 5.97 Å². The van der Waals surface area contributed by atoms with Gasteiger partial charge in [0.25, 0.3) is 10.0 Å². The lowest BCUT2D eigenvalue weighted by molar-refractivity contribution is -0.133. The quantitative estimate of drug-likeness (QED) is 0.549. The van der Waals surface area contributed by atoms with Crippen molar-refractivity contribution in [2.24, 2.45) is 0 Å². The lowest BCUT2D eigenvalue weighted by atomic mass is 10.2. The second-order valence-corrected chi connectivity index (χ2v) is 7.71. The largest absolute Gasteiger partial charge is 0.475 e. The molecule has 9 heteroatoms. The Morgan fingerprint density at radius 1 is 1.48 bits per heavy atom. The van der Waals surface area contributed by atoms with Gasteiger partial charge in [-0.2, -0.15) is 4.31 Å². The van der Waals surface area contributed by atoms with E-state index in [0.29, 0.717) is 19.4 Å². The van der Waals surface area contributed by atoms with Crippen LogP contribution in [-0.4, -0.2) is 60.8 Å². The fourth-order valence-corrected chi connectivity index (χ4v) is 4.37. The summed E-state index contributed by atoms with van der Waals surface area (Å²) in [6.45, 7) is 4.34. The molecule has 2 rings (SSSR count). The normalized spacial score (nSPS) is 18.2. The van der Waals surface area contributed by atoms with Crippen molar-refractivity contribution in [2.45, 2.75) is 36.8 Å². The Balaban J connectivity index is 2.17. The molecular weight excluding hydrogens is 348 g/mol. The summed E-state index contributed by atoms with van der Waals surface area (Å²) in [5, 5.41) is 8.42. The van der Waals surface area contributed by atoms with E-state index in [9.17, 15) is 18.0 Å². The zero-order valence-electron chi connectivity index (χ0n) is 14.1. The molecule has 1 saturated heterocycles. The fraction of sp³-hybridized carbons (Fsp3) is 0.500. The standard InChI is InChI=1S/C16H22N2O6S/c1-3-4-5-10-17(2)15(19)12-7-6-11-18(12)25(22,23)14-9-8-13(24-14)16(20)21/h3,8-9,12H,1,4-7,10-11H2,2H3,(H,20,21). The molecule has 1 atom stereocenters. The van der Waals surface area contributed by atoms with Crippen LogP contribution in [0.5, 0.6) is 0 Å². The van der Waals surface area contributed by atoms with Crippen LogP contribution in [0.2, 0.25) is 0 Å². The molecule has 1 N–H and O–H groups in total. The van der Waals surface area contributed by atoms with E-state index in [1.807, 2.05) is 0 Å². The highest BCUT2D eigenvalue weighted by atomic mass is 32.2. The van der Waals surface area contributed by atoms with Crippen molar-refractivity contribution in [2.75, 3.05) is 20.1 Å². The van der Waals surface area contributed by atoms with E-state index >= 15 is 0 Å². The van der Waals surface area contributed by atoms with Gasteiger partial charge in [-0.05, 0) is 37.8 Å². The molecule has 0 radical (unpaired) electrons. The molecule has 1 aromatic rings. The number of carbonyl (C=O) groups is 2. The molecule has 1 aliphatic heterocycles. The van der Waals surface area contributed by atoms with Crippen LogP contribution in [0.3, 0.4) is 0 Å². The lowest BCUT2D eigenvalue weighted by Gasteiger charge is -2.26. The number of hydrogen-bond donors (Lipinski definition) is 1. The van der Waals surface area contributed by atoms with Crippen LogP contribution in [-0.2, 0) is 14.8 Å². The Morgan fingerprint density at radius 2 is 2.20 bits per heavy atom. The third kappa shape index (κ3) is 4.10. The molecule has 1 aliphatic rings. The number of nitrogens with zero attached hydrogens (tertiary/aromatic N) is 2. The van der Waals surface area contributed by atoms with E-state index in [-0.39, 0.29) is 12.5 Å². The molecule has 0 saturated carbocycles. The number of rotatable bonds is 8. The first-order valence-electron chi connectivity index (χ1n) is 8.00. The van der Waals surface area contributed by atoms with Crippen LogP contribution < -0.4 is 0 Å². The zero-order valence-corrected chi connectivity index (χ0v) is 14.9. The molecular formula is C16H22N2O6S. The number of hydrogen-bond acceptors (Lipinski definition) is 5. The molecule has 1 aromatic heterocycles. The van der Waals surface area contributed by atoms with E-state index in [1.165, 1.54) is 4.90 Å². The van der Waals surface area contributed by atoms with Gasteiger partial charge in [-0.3, -0.25) is 4.79 Å². The molecule has 2 heterocycles. The molecule has 1 amide bonds. The average molecular weight is 370 g/mol. The highest BCUT2D eigenvalue weighted by molar-refractivity contribution is 7.89. The van der Waals surface area contributed by atoms with Crippen LogP contribution in [0, 0.1) is 0 Å². The molecule has 1 fully saturated rings. The van der Waals surface area contributed by atoms with Gasteiger partial charge in [-0.25, -0.2) is 13.2 Å². The smallest absolute Gasteiger partial charge is 0.371 e. The summed E-state index contributed by atoms with van der Waals surface area (Å²) < 4.78 is 31.5. The Kier molecular flexibility index (Phi) is 6.02. The minimum absolute atomic E-state index is 0.197. The number of unbranched alkanes of at least 4 members (excludes halogenated alkanes) is 1. The third-order valence-corrected chi connectivity index (χ3v) is 5.90. The summed E-state index contributed by atoms with van der Waals surface area (Å²) in [4.78, 5) is 25.0. The van der Waals surface area contributed by atoms with Crippen molar-refractivity contribution in [3.63, 3.8) is 0 Å². The van der Waals surface area contributed by atoms with Crippen molar-refractivity contribution in [3.8, 4) is 0 Å². The third-order valence-electron chi connectivity index (χ3n) is 4.12. The van der Waals surface area contributed by atoms with Gasteiger partial charge in [0.15, 0.2) is 0 Å².